The Morgan fingerprint density at radius 2 is 2.33 bits per heavy atom. The standard InChI is InChI=1S/C10H12O5/c11-7-3-5-8(9(12)13)6-1-2-10(5,15-6)4-14-7/h5-6,8H,1-4H2,(H,12,13)/t5-,6-,8-,10-/m0/s1. The van der Waals surface area contributed by atoms with Gasteiger partial charge in [-0.25, -0.2) is 0 Å². The van der Waals surface area contributed by atoms with Gasteiger partial charge in [0.15, 0.2) is 0 Å². The predicted molar refractivity (Wildman–Crippen MR) is 47.0 cm³/mol. The molecule has 3 fully saturated rings. The summed E-state index contributed by atoms with van der Waals surface area (Å²) < 4.78 is 10.7. The van der Waals surface area contributed by atoms with Gasteiger partial charge in [0.1, 0.15) is 12.2 Å². The molecular formula is C10H12O5. The number of fused-ring (bicyclic) bond motifs is 1. The van der Waals surface area contributed by atoms with Crippen LogP contribution in [0, 0.1) is 11.8 Å². The number of rotatable bonds is 1. The molecule has 2 bridgehead atoms. The fourth-order valence-electron chi connectivity index (χ4n) is 3.22. The zero-order chi connectivity index (χ0) is 10.6. The number of cyclic esters (lactones) is 1. The molecule has 4 atom stereocenters. The van der Waals surface area contributed by atoms with Gasteiger partial charge in [0.2, 0.25) is 0 Å². The molecule has 3 aliphatic rings. The summed E-state index contributed by atoms with van der Waals surface area (Å²) in [7, 11) is 0. The highest BCUT2D eigenvalue weighted by Gasteiger charge is 2.64. The van der Waals surface area contributed by atoms with Gasteiger partial charge < -0.3 is 14.6 Å². The van der Waals surface area contributed by atoms with Crippen LogP contribution in [0.4, 0.5) is 0 Å². The Balaban J connectivity index is 1.95. The van der Waals surface area contributed by atoms with Crippen molar-refractivity contribution in [1.82, 2.24) is 0 Å². The van der Waals surface area contributed by atoms with Crippen LogP contribution in [0.1, 0.15) is 19.3 Å². The number of carboxylic acids is 1. The highest BCUT2D eigenvalue weighted by molar-refractivity contribution is 5.76. The summed E-state index contributed by atoms with van der Waals surface area (Å²) in [6.45, 7) is 0.233. The minimum atomic E-state index is -0.846. The van der Waals surface area contributed by atoms with E-state index in [1.54, 1.807) is 0 Å². The van der Waals surface area contributed by atoms with Crippen molar-refractivity contribution in [2.45, 2.75) is 31.0 Å². The second kappa shape index (κ2) is 2.72. The number of carbonyl (C=O) groups is 2. The molecule has 0 unspecified atom stereocenters. The van der Waals surface area contributed by atoms with E-state index in [4.69, 9.17) is 14.6 Å². The maximum atomic E-state index is 11.2. The Morgan fingerprint density at radius 1 is 1.53 bits per heavy atom. The van der Waals surface area contributed by atoms with E-state index in [0.717, 1.165) is 12.8 Å². The molecule has 3 rings (SSSR count). The molecule has 82 valence electrons. The monoisotopic (exact) mass is 212 g/mol. The predicted octanol–water partition coefficient (Wildman–Crippen LogP) is 0.182. The normalized spacial score (nSPS) is 47.5. The largest absolute Gasteiger partial charge is 0.481 e. The fourth-order valence-corrected chi connectivity index (χ4v) is 3.22. The highest BCUT2D eigenvalue weighted by Crippen LogP contribution is 2.54. The van der Waals surface area contributed by atoms with Crippen molar-refractivity contribution in [2.75, 3.05) is 6.61 Å². The quantitative estimate of drug-likeness (QED) is 0.628. The number of hydrogen-bond acceptors (Lipinski definition) is 4. The van der Waals surface area contributed by atoms with Crippen LogP contribution in [0.15, 0.2) is 0 Å². The summed E-state index contributed by atoms with van der Waals surface area (Å²) in [4.78, 5) is 22.3. The summed E-state index contributed by atoms with van der Waals surface area (Å²) >= 11 is 0. The maximum absolute atomic E-state index is 11.2. The van der Waals surface area contributed by atoms with Crippen LogP contribution in [0.2, 0.25) is 0 Å². The number of ether oxygens (including phenoxy) is 2. The first-order chi connectivity index (χ1) is 7.12. The van der Waals surface area contributed by atoms with E-state index < -0.39 is 17.5 Å². The van der Waals surface area contributed by atoms with E-state index in [1.165, 1.54) is 0 Å². The van der Waals surface area contributed by atoms with Gasteiger partial charge in [-0.05, 0) is 12.8 Å². The Hall–Kier alpha value is -1.10. The Kier molecular flexibility index (Phi) is 1.66. The lowest BCUT2D eigenvalue weighted by Crippen LogP contribution is -2.49. The van der Waals surface area contributed by atoms with Crippen LogP contribution in [0.25, 0.3) is 0 Å². The first kappa shape index (κ1) is 9.15. The first-order valence-corrected chi connectivity index (χ1v) is 5.19. The minimum absolute atomic E-state index is 0.185. The second-order valence-corrected chi connectivity index (χ2v) is 4.60. The van der Waals surface area contributed by atoms with Crippen molar-refractivity contribution in [3.05, 3.63) is 0 Å². The van der Waals surface area contributed by atoms with Crippen molar-refractivity contribution in [3.63, 3.8) is 0 Å². The van der Waals surface area contributed by atoms with E-state index in [0.29, 0.717) is 0 Å². The summed E-state index contributed by atoms with van der Waals surface area (Å²) in [6.07, 6.45) is 1.56. The van der Waals surface area contributed by atoms with Crippen LogP contribution in [-0.4, -0.2) is 35.4 Å². The molecule has 0 saturated carbocycles. The summed E-state index contributed by atoms with van der Waals surface area (Å²) in [5.74, 6) is -1.85. The molecule has 0 aromatic rings. The Bertz CT molecular complexity index is 339. The van der Waals surface area contributed by atoms with Crippen molar-refractivity contribution >= 4 is 11.9 Å². The third-order valence-electron chi connectivity index (χ3n) is 3.90. The van der Waals surface area contributed by atoms with Crippen LogP contribution in [0.3, 0.4) is 0 Å². The summed E-state index contributed by atoms with van der Waals surface area (Å²) in [5, 5.41) is 9.13. The van der Waals surface area contributed by atoms with Gasteiger partial charge in [-0.2, -0.15) is 0 Å². The number of carbonyl (C=O) groups excluding carboxylic acids is 1. The van der Waals surface area contributed by atoms with Crippen LogP contribution in [-0.2, 0) is 19.1 Å². The van der Waals surface area contributed by atoms with Crippen LogP contribution in [0.5, 0.6) is 0 Å². The molecule has 0 radical (unpaired) electrons. The topological polar surface area (TPSA) is 72.8 Å². The maximum Gasteiger partial charge on any atom is 0.309 e. The molecule has 5 nitrogen and oxygen atoms in total. The van der Waals surface area contributed by atoms with Gasteiger partial charge in [-0.1, -0.05) is 0 Å². The third-order valence-corrected chi connectivity index (χ3v) is 3.90. The molecule has 1 spiro atoms. The Labute approximate surface area is 86.4 Å². The zero-order valence-electron chi connectivity index (χ0n) is 8.14. The molecule has 0 aromatic heterocycles. The van der Waals surface area contributed by atoms with Crippen LogP contribution < -0.4 is 0 Å². The third kappa shape index (κ3) is 1.07. The van der Waals surface area contributed by atoms with Crippen molar-refractivity contribution in [1.29, 1.82) is 0 Å². The van der Waals surface area contributed by atoms with Gasteiger partial charge in [-0.3, -0.25) is 9.59 Å². The average Bonchev–Trinajstić information content (AvgIpc) is 2.70. The smallest absolute Gasteiger partial charge is 0.309 e. The van der Waals surface area contributed by atoms with Crippen molar-refractivity contribution < 1.29 is 24.2 Å². The lowest BCUT2D eigenvalue weighted by atomic mass is 9.69. The lowest BCUT2D eigenvalue weighted by Gasteiger charge is -2.37. The first-order valence-electron chi connectivity index (χ1n) is 5.19. The second-order valence-electron chi connectivity index (χ2n) is 4.60. The van der Waals surface area contributed by atoms with E-state index >= 15 is 0 Å². The zero-order valence-corrected chi connectivity index (χ0v) is 8.14. The number of esters is 1. The lowest BCUT2D eigenvalue weighted by molar-refractivity contribution is -0.167. The van der Waals surface area contributed by atoms with Gasteiger partial charge in [-0.15, -0.1) is 0 Å². The molecule has 5 heteroatoms. The number of aliphatic carboxylic acids is 1. The molecule has 3 saturated heterocycles. The molecular weight excluding hydrogens is 200 g/mol. The van der Waals surface area contributed by atoms with Gasteiger partial charge in [0, 0.05) is 5.92 Å². The molecule has 0 amide bonds. The van der Waals surface area contributed by atoms with Crippen LogP contribution >= 0.6 is 0 Å². The molecule has 3 heterocycles. The van der Waals surface area contributed by atoms with Gasteiger partial charge in [0.05, 0.1) is 18.4 Å². The minimum Gasteiger partial charge on any atom is -0.481 e. The highest BCUT2D eigenvalue weighted by atomic mass is 16.6. The Morgan fingerprint density at radius 3 is 3.07 bits per heavy atom. The van der Waals surface area contributed by atoms with E-state index in [1.807, 2.05) is 0 Å². The molecule has 3 aliphatic heterocycles. The number of carboxylic acid groups (broad SMARTS) is 1. The molecule has 0 aromatic carbocycles. The van der Waals surface area contributed by atoms with E-state index in [2.05, 4.69) is 0 Å². The van der Waals surface area contributed by atoms with Crippen molar-refractivity contribution in [3.8, 4) is 0 Å². The number of hydrogen-bond donors (Lipinski definition) is 1. The fraction of sp³-hybridized carbons (Fsp3) is 0.800. The van der Waals surface area contributed by atoms with E-state index in [9.17, 15) is 9.59 Å². The van der Waals surface area contributed by atoms with Crippen molar-refractivity contribution in [2.24, 2.45) is 11.8 Å². The van der Waals surface area contributed by atoms with E-state index in [-0.39, 0.29) is 31.0 Å². The summed E-state index contributed by atoms with van der Waals surface area (Å²) in [5.41, 5.74) is -0.484. The summed E-state index contributed by atoms with van der Waals surface area (Å²) in [6, 6.07) is 0. The molecule has 1 N–H and O–H groups in total. The molecule has 15 heavy (non-hydrogen) atoms. The molecule has 0 aliphatic carbocycles. The van der Waals surface area contributed by atoms with Gasteiger partial charge >= 0.3 is 11.9 Å². The van der Waals surface area contributed by atoms with Gasteiger partial charge in [0.25, 0.3) is 0 Å². The average molecular weight is 212 g/mol. The SMILES string of the molecule is O=C1C[C@H]2[C@H](C(=O)O)[C@@H]3CC[C@@]2(CO1)O3.